The fourth-order valence-corrected chi connectivity index (χ4v) is 6.47. The maximum atomic E-state index is 14.0. The molecule has 0 unspecified atom stereocenters. The van der Waals surface area contributed by atoms with Gasteiger partial charge in [0.15, 0.2) is 0 Å². The number of hydrogen-bond donors (Lipinski definition) is 1. The molecule has 8 nitrogen and oxygen atoms in total. The summed E-state index contributed by atoms with van der Waals surface area (Å²) in [5, 5.41) is 19.0. The van der Waals surface area contributed by atoms with E-state index >= 15 is 0 Å². The van der Waals surface area contributed by atoms with E-state index in [-0.39, 0.29) is 23.0 Å². The lowest BCUT2D eigenvalue weighted by molar-refractivity contribution is -0.120. The molecule has 1 aliphatic heterocycles. The summed E-state index contributed by atoms with van der Waals surface area (Å²) in [7, 11) is 1.87. The van der Waals surface area contributed by atoms with Crippen LogP contribution in [0.25, 0.3) is 22.3 Å². The van der Waals surface area contributed by atoms with Gasteiger partial charge in [-0.25, -0.2) is 14.1 Å². The molecule has 1 aliphatic carbocycles. The molecule has 1 atom stereocenters. The molecule has 2 aromatic heterocycles. The average Bonchev–Trinajstić information content (AvgIpc) is 3.44. The molecule has 0 radical (unpaired) electrons. The zero-order chi connectivity index (χ0) is 27.5. The first-order valence-electron chi connectivity index (χ1n) is 13.5. The van der Waals surface area contributed by atoms with Crippen LogP contribution in [0.2, 0.25) is 5.02 Å². The van der Waals surface area contributed by atoms with Gasteiger partial charge in [-0.15, -0.1) is 5.10 Å². The summed E-state index contributed by atoms with van der Waals surface area (Å²) in [6.45, 7) is 3.83. The van der Waals surface area contributed by atoms with Crippen molar-refractivity contribution in [1.29, 1.82) is 0 Å². The summed E-state index contributed by atoms with van der Waals surface area (Å²) in [4.78, 5) is 20.3. The lowest BCUT2D eigenvalue weighted by atomic mass is 9.83. The zero-order valence-electron chi connectivity index (χ0n) is 22.4. The van der Waals surface area contributed by atoms with E-state index in [1.54, 1.807) is 15.6 Å². The Morgan fingerprint density at radius 2 is 1.90 bits per heavy atom. The highest BCUT2D eigenvalue weighted by molar-refractivity contribution is 6.31. The van der Waals surface area contributed by atoms with Crippen molar-refractivity contribution in [3.05, 3.63) is 58.8 Å². The summed E-state index contributed by atoms with van der Waals surface area (Å²) < 4.78 is 18.1. The first kappa shape index (κ1) is 26.0. The quantitative estimate of drug-likeness (QED) is 0.334. The SMILES string of the molecule is Cc1nnn(C)c1-c1ccc2c(c1)nc([C@@H]1CCCC(=O)N1c1ccc(F)c(Cl)c1)n2C1CCC(C)(O)CC1. The molecule has 2 fully saturated rings. The number of nitrogens with zero attached hydrogens (tertiary/aromatic N) is 6. The Morgan fingerprint density at radius 3 is 2.59 bits per heavy atom. The van der Waals surface area contributed by atoms with Gasteiger partial charge in [-0.05, 0) is 82.7 Å². The molecule has 0 bridgehead atoms. The van der Waals surface area contributed by atoms with E-state index in [9.17, 15) is 14.3 Å². The van der Waals surface area contributed by atoms with Crippen LogP contribution in [0.4, 0.5) is 10.1 Å². The minimum atomic E-state index is -0.679. The van der Waals surface area contributed by atoms with Crippen molar-refractivity contribution in [2.24, 2.45) is 7.05 Å². The summed E-state index contributed by atoms with van der Waals surface area (Å²) in [5.41, 5.74) is 4.44. The van der Waals surface area contributed by atoms with Crippen molar-refractivity contribution < 1.29 is 14.3 Å². The topological polar surface area (TPSA) is 89.1 Å². The number of rotatable bonds is 4. The third kappa shape index (κ3) is 4.61. The van der Waals surface area contributed by atoms with E-state index in [0.29, 0.717) is 24.9 Å². The van der Waals surface area contributed by atoms with E-state index in [4.69, 9.17) is 16.6 Å². The molecule has 4 aromatic rings. The molecule has 1 amide bonds. The van der Waals surface area contributed by atoms with Crippen LogP contribution in [0, 0.1) is 12.7 Å². The van der Waals surface area contributed by atoms with E-state index in [2.05, 4.69) is 33.1 Å². The van der Waals surface area contributed by atoms with Gasteiger partial charge in [-0.3, -0.25) is 4.79 Å². The number of anilines is 1. The number of carbonyl (C=O) groups excluding carboxylic acids is 1. The third-order valence-electron chi connectivity index (χ3n) is 8.31. The van der Waals surface area contributed by atoms with E-state index in [1.807, 2.05) is 20.9 Å². The number of carbonyl (C=O) groups is 1. The Kier molecular flexibility index (Phi) is 6.46. The Morgan fingerprint density at radius 1 is 1.13 bits per heavy atom. The Labute approximate surface area is 231 Å². The Hall–Kier alpha value is -3.30. The normalized spacial score (nSPS) is 24.1. The molecule has 2 aromatic carbocycles. The number of imidazole rings is 1. The van der Waals surface area contributed by atoms with Crippen molar-refractivity contribution in [2.75, 3.05) is 4.90 Å². The monoisotopic (exact) mass is 550 g/mol. The predicted molar refractivity (Wildman–Crippen MR) is 148 cm³/mol. The molecule has 39 heavy (non-hydrogen) atoms. The number of fused-ring (bicyclic) bond motifs is 1. The fourth-order valence-electron chi connectivity index (χ4n) is 6.30. The number of benzene rings is 2. The van der Waals surface area contributed by atoms with Crippen LogP contribution >= 0.6 is 11.6 Å². The summed E-state index contributed by atoms with van der Waals surface area (Å²) >= 11 is 6.14. The molecule has 1 saturated carbocycles. The molecular formula is C29H32ClFN6O2. The smallest absolute Gasteiger partial charge is 0.227 e. The second-order valence-electron chi connectivity index (χ2n) is 11.2. The van der Waals surface area contributed by atoms with Gasteiger partial charge in [0.25, 0.3) is 0 Å². The van der Waals surface area contributed by atoms with Crippen molar-refractivity contribution in [3.8, 4) is 11.3 Å². The molecule has 2 aliphatic rings. The van der Waals surface area contributed by atoms with Crippen molar-refractivity contribution in [2.45, 2.75) is 76.5 Å². The number of piperidine rings is 1. The second kappa shape index (κ2) is 9.71. The Balaban J connectivity index is 1.51. The maximum absolute atomic E-state index is 14.0. The lowest BCUT2D eigenvalue weighted by Crippen LogP contribution is -2.40. The van der Waals surface area contributed by atoms with E-state index in [1.165, 1.54) is 12.1 Å². The first-order chi connectivity index (χ1) is 18.6. The molecule has 204 valence electrons. The number of aliphatic hydroxyl groups is 1. The van der Waals surface area contributed by atoms with Gasteiger partial charge in [0.1, 0.15) is 11.6 Å². The van der Waals surface area contributed by atoms with Crippen LogP contribution in [0.5, 0.6) is 0 Å². The largest absolute Gasteiger partial charge is 0.390 e. The van der Waals surface area contributed by atoms with Gasteiger partial charge >= 0.3 is 0 Å². The molecule has 0 spiro atoms. The van der Waals surface area contributed by atoms with Crippen LogP contribution in [-0.4, -0.2) is 41.2 Å². The first-order valence-corrected chi connectivity index (χ1v) is 13.9. The van der Waals surface area contributed by atoms with Gasteiger partial charge in [-0.2, -0.15) is 0 Å². The summed E-state index contributed by atoms with van der Waals surface area (Å²) in [6, 6.07) is 10.5. The van der Waals surface area contributed by atoms with E-state index in [0.717, 1.165) is 59.5 Å². The van der Waals surface area contributed by atoms with Crippen LogP contribution < -0.4 is 4.90 Å². The van der Waals surface area contributed by atoms with Crippen LogP contribution in [0.1, 0.15) is 75.5 Å². The highest BCUT2D eigenvalue weighted by Crippen LogP contribution is 2.43. The predicted octanol–water partition coefficient (Wildman–Crippen LogP) is 6.06. The summed E-state index contributed by atoms with van der Waals surface area (Å²) in [5.74, 6) is 0.258. The Bertz CT molecular complexity index is 1550. The third-order valence-corrected chi connectivity index (χ3v) is 8.60. The molecule has 3 heterocycles. The number of aromatic nitrogens is 5. The standard InChI is InChI=1S/C29H32ClFN6O2/c1-17-27(35(3)34-33-17)18-7-10-24-23(15-18)32-28(37(24)19-11-13-29(2,39)14-12-19)25-5-4-6-26(38)36(25)20-8-9-22(31)21(30)16-20/h7-10,15-16,19,25,39H,4-6,11-14H2,1-3H3/t19?,25-,29?/m0/s1. The van der Waals surface area contributed by atoms with Crippen LogP contribution in [0.3, 0.4) is 0 Å². The highest BCUT2D eigenvalue weighted by Gasteiger charge is 2.37. The summed E-state index contributed by atoms with van der Waals surface area (Å²) in [6.07, 6.45) is 4.87. The van der Waals surface area contributed by atoms with Crippen LogP contribution in [0.15, 0.2) is 36.4 Å². The average molecular weight is 551 g/mol. The number of amides is 1. The van der Waals surface area contributed by atoms with Gasteiger partial charge in [-0.1, -0.05) is 22.9 Å². The number of aryl methyl sites for hydroxylation is 2. The zero-order valence-corrected chi connectivity index (χ0v) is 23.1. The maximum Gasteiger partial charge on any atom is 0.227 e. The molecule has 6 rings (SSSR count). The number of hydrogen-bond acceptors (Lipinski definition) is 5. The lowest BCUT2D eigenvalue weighted by Gasteiger charge is -2.38. The minimum Gasteiger partial charge on any atom is -0.390 e. The van der Waals surface area contributed by atoms with Gasteiger partial charge < -0.3 is 14.6 Å². The molecule has 10 heteroatoms. The van der Waals surface area contributed by atoms with Gasteiger partial charge in [0.05, 0.1) is 39.1 Å². The number of halogens is 2. The van der Waals surface area contributed by atoms with Gasteiger partial charge in [0, 0.05) is 30.8 Å². The second-order valence-corrected chi connectivity index (χ2v) is 11.6. The molecular weight excluding hydrogens is 519 g/mol. The van der Waals surface area contributed by atoms with Crippen molar-refractivity contribution in [3.63, 3.8) is 0 Å². The highest BCUT2D eigenvalue weighted by atomic mass is 35.5. The van der Waals surface area contributed by atoms with E-state index < -0.39 is 11.4 Å². The minimum absolute atomic E-state index is 0.0163. The van der Waals surface area contributed by atoms with Crippen molar-refractivity contribution in [1.82, 2.24) is 24.5 Å². The molecule has 1 saturated heterocycles. The fraction of sp³-hybridized carbons (Fsp3) is 0.448. The van der Waals surface area contributed by atoms with Gasteiger partial charge in [0.2, 0.25) is 5.91 Å². The van der Waals surface area contributed by atoms with Crippen LogP contribution in [-0.2, 0) is 11.8 Å². The van der Waals surface area contributed by atoms with Crippen molar-refractivity contribution >= 4 is 34.2 Å². The molecule has 1 N–H and O–H groups in total.